The highest BCUT2D eigenvalue weighted by Crippen LogP contribution is 2.27. The first kappa shape index (κ1) is 21.3. The van der Waals surface area contributed by atoms with E-state index in [9.17, 15) is 9.59 Å². The Morgan fingerprint density at radius 1 is 1.07 bits per heavy atom. The molecule has 30 heavy (non-hydrogen) atoms. The number of amides is 2. The highest BCUT2D eigenvalue weighted by atomic mass is 32.1. The normalized spacial score (nSPS) is 11.7. The number of aromatic nitrogens is 3. The van der Waals surface area contributed by atoms with Crippen molar-refractivity contribution >= 4 is 34.1 Å². The van der Waals surface area contributed by atoms with Crippen LogP contribution in [-0.4, -0.2) is 26.8 Å². The molecule has 3 aromatic rings. The molecular weight excluding hydrogens is 398 g/mol. The van der Waals surface area contributed by atoms with E-state index < -0.39 is 0 Å². The van der Waals surface area contributed by atoms with Crippen molar-refractivity contribution < 1.29 is 9.59 Å². The summed E-state index contributed by atoms with van der Waals surface area (Å²) in [4.78, 5) is 38.0. The molecule has 0 aliphatic rings. The first-order chi connectivity index (χ1) is 14.4. The largest absolute Gasteiger partial charge is 0.306 e. The van der Waals surface area contributed by atoms with Crippen LogP contribution in [-0.2, 0) is 9.59 Å². The molecule has 0 radical (unpaired) electrons. The van der Waals surface area contributed by atoms with Crippen molar-refractivity contribution in [2.24, 2.45) is 0 Å². The minimum atomic E-state index is -0.365. The number of hydrogen-bond donors (Lipinski definition) is 2. The van der Waals surface area contributed by atoms with E-state index >= 15 is 0 Å². The molecule has 7 nitrogen and oxygen atoms in total. The number of anilines is 2. The zero-order valence-corrected chi connectivity index (χ0v) is 17.9. The van der Waals surface area contributed by atoms with Crippen LogP contribution in [0.4, 0.5) is 10.9 Å². The van der Waals surface area contributed by atoms with Crippen LogP contribution in [0.15, 0.2) is 55.5 Å². The lowest BCUT2D eigenvalue weighted by Crippen LogP contribution is -2.18. The maximum Gasteiger partial charge on any atom is 0.248 e. The van der Waals surface area contributed by atoms with E-state index in [-0.39, 0.29) is 17.7 Å². The Balaban J connectivity index is 1.72. The summed E-state index contributed by atoms with van der Waals surface area (Å²) in [6, 6.07) is 7.60. The van der Waals surface area contributed by atoms with Gasteiger partial charge in [-0.25, -0.2) is 9.97 Å². The number of nitrogens with one attached hydrogen (secondary N) is 2. The fourth-order valence-corrected chi connectivity index (χ4v) is 3.48. The zero-order chi connectivity index (χ0) is 21.7. The van der Waals surface area contributed by atoms with Gasteiger partial charge in [0.05, 0.1) is 24.0 Å². The summed E-state index contributed by atoms with van der Waals surface area (Å²) in [5, 5.41) is 6.06. The molecular formula is C22H23N5O2S. The Bertz CT molecular complexity index is 1060. The molecule has 2 aromatic heterocycles. The molecule has 2 heterocycles. The van der Waals surface area contributed by atoms with Gasteiger partial charge in [-0.05, 0) is 30.5 Å². The van der Waals surface area contributed by atoms with Gasteiger partial charge in [-0.1, -0.05) is 38.6 Å². The minimum absolute atomic E-state index is 0.120. The van der Waals surface area contributed by atoms with E-state index in [1.807, 2.05) is 31.2 Å². The first-order valence-corrected chi connectivity index (χ1v) is 10.3. The predicted molar refractivity (Wildman–Crippen MR) is 120 cm³/mol. The smallest absolute Gasteiger partial charge is 0.248 e. The average molecular weight is 422 g/mol. The van der Waals surface area contributed by atoms with Gasteiger partial charge in [0.1, 0.15) is 0 Å². The first-order valence-electron chi connectivity index (χ1n) is 9.49. The number of hydrogen-bond acceptors (Lipinski definition) is 6. The van der Waals surface area contributed by atoms with E-state index in [1.54, 1.807) is 12.4 Å². The second-order valence-corrected chi connectivity index (χ2v) is 8.10. The molecule has 8 heteroatoms. The van der Waals surface area contributed by atoms with Crippen molar-refractivity contribution in [2.45, 2.75) is 32.6 Å². The van der Waals surface area contributed by atoms with E-state index in [2.05, 4.69) is 46.0 Å². The van der Waals surface area contributed by atoms with Gasteiger partial charge in [0.15, 0.2) is 10.9 Å². The Morgan fingerprint density at radius 2 is 1.87 bits per heavy atom. The molecule has 3 rings (SSSR count). The Labute approximate surface area is 179 Å². The van der Waals surface area contributed by atoms with Crippen LogP contribution in [0.2, 0.25) is 0 Å². The van der Waals surface area contributed by atoms with E-state index in [0.717, 1.165) is 16.0 Å². The second kappa shape index (κ2) is 9.41. The highest BCUT2D eigenvalue weighted by molar-refractivity contribution is 7.15. The van der Waals surface area contributed by atoms with Crippen molar-refractivity contribution in [2.75, 3.05) is 10.6 Å². The van der Waals surface area contributed by atoms with Gasteiger partial charge < -0.3 is 10.6 Å². The summed E-state index contributed by atoms with van der Waals surface area (Å²) >= 11 is 1.49. The van der Waals surface area contributed by atoms with Crippen molar-refractivity contribution in [1.82, 2.24) is 15.0 Å². The molecule has 2 N–H and O–H groups in total. The zero-order valence-electron chi connectivity index (χ0n) is 17.0. The summed E-state index contributed by atoms with van der Waals surface area (Å²) in [7, 11) is 0. The molecule has 0 aliphatic heterocycles. The van der Waals surface area contributed by atoms with Crippen molar-refractivity contribution in [3.63, 3.8) is 0 Å². The van der Waals surface area contributed by atoms with Gasteiger partial charge in [-0.15, -0.1) is 11.3 Å². The molecule has 154 valence electrons. The quantitative estimate of drug-likeness (QED) is 0.544. The van der Waals surface area contributed by atoms with Crippen LogP contribution in [0.1, 0.15) is 43.0 Å². The molecule has 0 spiro atoms. The molecule has 1 atom stereocenters. The molecule has 0 aliphatic carbocycles. The van der Waals surface area contributed by atoms with Gasteiger partial charge in [0.2, 0.25) is 11.8 Å². The van der Waals surface area contributed by atoms with Crippen LogP contribution in [0.25, 0.3) is 11.3 Å². The monoisotopic (exact) mass is 421 g/mol. The number of carbonyl (C=O) groups is 2. The highest BCUT2D eigenvalue weighted by Gasteiger charge is 2.18. The third-order valence-electron chi connectivity index (χ3n) is 4.49. The van der Waals surface area contributed by atoms with Crippen LogP contribution < -0.4 is 10.6 Å². The Morgan fingerprint density at radius 3 is 2.50 bits per heavy atom. The summed E-state index contributed by atoms with van der Waals surface area (Å²) in [6.45, 7) is 9.44. The SMILES string of the molecule is C=CC(=O)Nc1cnc(-c2cccc(C(C)C(=O)Nc3ncc(C(C)C)s3)c2)cn1. The summed E-state index contributed by atoms with van der Waals surface area (Å²) in [5.41, 5.74) is 2.33. The molecule has 0 bridgehead atoms. The van der Waals surface area contributed by atoms with Gasteiger partial charge in [-0.2, -0.15) is 0 Å². The summed E-state index contributed by atoms with van der Waals surface area (Å²) in [5.74, 6) is -0.114. The molecule has 1 aromatic carbocycles. The maximum absolute atomic E-state index is 12.7. The summed E-state index contributed by atoms with van der Waals surface area (Å²) < 4.78 is 0. The fourth-order valence-electron chi connectivity index (χ4n) is 2.66. The van der Waals surface area contributed by atoms with Crippen LogP contribution in [0.5, 0.6) is 0 Å². The lowest BCUT2D eigenvalue weighted by Gasteiger charge is -2.12. The Kier molecular flexibility index (Phi) is 6.68. The Hall–Kier alpha value is -3.39. The lowest BCUT2D eigenvalue weighted by atomic mass is 9.97. The molecule has 0 saturated heterocycles. The van der Waals surface area contributed by atoms with E-state index in [1.165, 1.54) is 23.6 Å². The molecule has 2 amide bonds. The van der Waals surface area contributed by atoms with Gasteiger partial charge in [-0.3, -0.25) is 14.6 Å². The van der Waals surface area contributed by atoms with Crippen LogP contribution in [0, 0.1) is 0 Å². The summed E-state index contributed by atoms with van der Waals surface area (Å²) in [6.07, 6.45) is 6.02. The number of nitrogens with zero attached hydrogens (tertiary/aromatic N) is 3. The fraction of sp³-hybridized carbons (Fsp3) is 0.227. The van der Waals surface area contributed by atoms with Gasteiger partial charge >= 0.3 is 0 Å². The van der Waals surface area contributed by atoms with Crippen LogP contribution >= 0.6 is 11.3 Å². The lowest BCUT2D eigenvalue weighted by molar-refractivity contribution is -0.117. The standard InChI is InChI=1S/C22H23N5O2S/c1-5-20(28)26-19-12-23-17(10-24-19)16-8-6-7-15(9-16)14(4)21(29)27-22-25-11-18(30-22)13(2)3/h5-14H,1H2,2-4H3,(H,24,26,28)(H,25,27,29). The number of rotatable bonds is 7. The number of thiazole rings is 1. The van der Waals surface area contributed by atoms with Crippen molar-refractivity contribution in [1.29, 1.82) is 0 Å². The average Bonchev–Trinajstić information content (AvgIpc) is 3.22. The predicted octanol–water partition coefficient (Wildman–Crippen LogP) is 4.59. The topological polar surface area (TPSA) is 96.9 Å². The second-order valence-electron chi connectivity index (χ2n) is 7.04. The molecule has 0 saturated carbocycles. The number of benzene rings is 1. The van der Waals surface area contributed by atoms with Crippen molar-refractivity contribution in [3.05, 3.63) is 66.0 Å². The third-order valence-corrected chi connectivity index (χ3v) is 5.70. The maximum atomic E-state index is 12.7. The van der Waals surface area contributed by atoms with Gasteiger partial charge in [0.25, 0.3) is 0 Å². The molecule has 0 fully saturated rings. The third kappa shape index (κ3) is 5.15. The minimum Gasteiger partial charge on any atom is -0.306 e. The molecule has 1 unspecified atom stereocenters. The van der Waals surface area contributed by atoms with Crippen molar-refractivity contribution in [3.8, 4) is 11.3 Å². The van der Waals surface area contributed by atoms with Gasteiger partial charge in [0, 0.05) is 16.6 Å². The van der Waals surface area contributed by atoms with E-state index in [4.69, 9.17) is 0 Å². The van der Waals surface area contributed by atoms with Crippen LogP contribution in [0.3, 0.4) is 0 Å². The number of carbonyl (C=O) groups excluding carboxylic acids is 2. The van der Waals surface area contributed by atoms with E-state index in [0.29, 0.717) is 22.6 Å².